The average Bonchev–Trinajstić information content (AvgIpc) is 2.93. The van der Waals surface area contributed by atoms with Crippen molar-refractivity contribution in [3.05, 3.63) is 63.2 Å². The Morgan fingerprint density at radius 1 is 1.11 bits per heavy atom. The number of hydrazine groups is 1. The number of amides is 2. The molecule has 1 aromatic heterocycles. The Balaban J connectivity index is 1.58. The smallest absolute Gasteiger partial charge is 0.281 e. The van der Waals surface area contributed by atoms with E-state index >= 15 is 0 Å². The molecule has 3 aromatic rings. The van der Waals surface area contributed by atoms with Gasteiger partial charge in [0.1, 0.15) is 16.4 Å². The maximum Gasteiger partial charge on any atom is 0.281 e. The zero-order valence-corrected chi connectivity index (χ0v) is 16.1. The summed E-state index contributed by atoms with van der Waals surface area (Å²) in [6.45, 7) is 3.61. The van der Waals surface area contributed by atoms with E-state index in [2.05, 4.69) is 10.9 Å². The number of carbonyl (C=O) groups excluding carboxylic acids is 2. The van der Waals surface area contributed by atoms with E-state index in [0.29, 0.717) is 15.8 Å². The first kappa shape index (κ1) is 19.1. The molecule has 0 bridgehead atoms. The molecule has 2 aromatic carbocycles. The van der Waals surface area contributed by atoms with E-state index in [1.165, 1.54) is 18.2 Å². The first-order valence-corrected chi connectivity index (χ1v) is 9.21. The van der Waals surface area contributed by atoms with Gasteiger partial charge in [-0.05, 0) is 55.3 Å². The number of aryl methyl sites for hydroxylation is 2. The monoisotopic (exact) mass is 406 g/mol. The minimum Gasteiger partial charge on any atom is -0.484 e. The standard InChI is InChI=1S/C19H16ClFN2O3S/c1-10-5-11(2)7-13(6-10)26-9-16(24)22-23-19(25)18-17(20)14-4-3-12(21)8-15(14)27-18/h3-8H,9H2,1-2H3,(H,22,24)(H,23,25). The van der Waals surface area contributed by atoms with Crippen LogP contribution in [0.2, 0.25) is 5.02 Å². The fraction of sp³-hybridized carbons (Fsp3) is 0.158. The van der Waals surface area contributed by atoms with Gasteiger partial charge in [0.25, 0.3) is 11.8 Å². The lowest BCUT2D eigenvalue weighted by Crippen LogP contribution is -2.43. The summed E-state index contributed by atoms with van der Waals surface area (Å²) < 4.78 is 19.3. The van der Waals surface area contributed by atoms with E-state index in [-0.39, 0.29) is 16.5 Å². The summed E-state index contributed by atoms with van der Waals surface area (Å²) >= 11 is 7.22. The molecule has 0 saturated heterocycles. The van der Waals surface area contributed by atoms with Crippen LogP contribution in [0.1, 0.15) is 20.8 Å². The maximum absolute atomic E-state index is 13.3. The van der Waals surface area contributed by atoms with Crippen molar-refractivity contribution in [2.24, 2.45) is 0 Å². The Labute approximate surface area is 164 Å². The molecule has 0 aliphatic rings. The minimum atomic E-state index is -0.582. The molecule has 0 aliphatic carbocycles. The van der Waals surface area contributed by atoms with Gasteiger partial charge in [-0.25, -0.2) is 4.39 Å². The lowest BCUT2D eigenvalue weighted by atomic mass is 10.1. The van der Waals surface area contributed by atoms with Gasteiger partial charge >= 0.3 is 0 Å². The Hall–Kier alpha value is -2.64. The van der Waals surface area contributed by atoms with Crippen LogP contribution in [0.4, 0.5) is 4.39 Å². The molecule has 0 fully saturated rings. The second kappa shape index (κ2) is 7.94. The molecule has 5 nitrogen and oxygen atoms in total. The number of carbonyl (C=O) groups is 2. The van der Waals surface area contributed by atoms with Crippen molar-refractivity contribution in [1.29, 1.82) is 0 Å². The fourth-order valence-corrected chi connectivity index (χ4v) is 4.01. The van der Waals surface area contributed by atoms with Crippen LogP contribution in [0.5, 0.6) is 5.75 Å². The van der Waals surface area contributed by atoms with Crippen LogP contribution >= 0.6 is 22.9 Å². The second-order valence-corrected chi connectivity index (χ2v) is 7.43. The van der Waals surface area contributed by atoms with E-state index in [4.69, 9.17) is 16.3 Å². The van der Waals surface area contributed by atoms with Crippen molar-refractivity contribution >= 4 is 44.8 Å². The molecule has 140 valence electrons. The number of rotatable bonds is 4. The predicted octanol–water partition coefficient (Wildman–Crippen LogP) is 4.15. The molecule has 0 aliphatic heterocycles. The Kier molecular flexibility index (Phi) is 5.62. The van der Waals surface area contributed by atoms with Gasteiger partial charge in [0.2, 0.25) is 0 Å². The number of hydrogen-bond donors (Lipinski definition) is 2. The summed E-state index contributed by atoms with van der Waals surface area (Å²) in [7, 11) is 0. The van der Waals surface area contributed by atoms with Crippen LogP contribution in [-0.4, -0.2) is 18.4 Å². The van der Waals surface area contributed by atoms with Gasteiger partial charge < -0.3 is 4.74 Å². The molecule has 0 saturated carbocycles. The van der Waals surface area contributed by atoms with Gasteiger partial charge in [0, 0.05) is 10.1 Å². The van der Waals surface area contributed by atoms with Gasteiger partial charge in [-0.1, -0.05) is 17.7 Å². The van der Waals surface area contributed by atoms with Crippen LogP contribution in [-0.2, 0) is 4.79 Å². The maximum atomic E-state index is 13.3. The van der Waals surface area contributed by atoms with Gasteiger partial charge in [0.15, 0.2) is 6.61 Å². The largest absolute Gasteiger partial charge is 0.484 e. The number of thiophene rings is 1. The quantitative estimate of drug-likeness (QED) is 0.639. The lowest BCUT2D eigenvalue weighted by Gasteiger charge is -2.09. The van der Waals surface area contributed by atoms with Crippen LogP contribution in [0.3, 0.4) is 0 Å². The Morgan fingerprint density at radius 3 is 2.52 bits per heavy atom. The summed E-state index contributed by atoms with van der Waals surface area (Å²) in [6.07, 6.45) is 0. The van der Waals surface area contributed by atoms with E-state index in [0.717, 1.165) is 22.5 Å². The third-order valence-corrected chi connectivity index (χ3v) is 5.33. The van der Waals surface area contributed by atoms with Gasteiger partial charge in [0.05, 0.1) is 5.02 Å². The Bertz CT molecular complexity index is 1010. The first-order chi connectivity index (χ1) is 12.8. The summed E-state index contributed by atoms with van der Waals surface area (Å²) in [5.41, 5.74) is 6.61. The number of ether oxygens (including phenoxy) is 1. The zero-order valence-electron chi connectivity index (χ0n) is 14.6. The molecule has 1 heterocycles. The van der Waals surface area contributed by atoms with Crippen LogP contribution in [0, 0.1) is 19.7 Å². The molecular weight excluding hydrogens is 391 g/mol. The minimum absolute atomic E-state index is 0.188. The molecule has 0 spiro atoms. The van der Waals surface area contributed by atoms with Crippen molar-refractivity contribution in [3.63, 3.8) is 0 Å². The van der Waals surface area contributed by atoms with Crippen molar-refractivity contribution < 1.29 is 18.7 Å². The van der Waals surface area contributed by atoms with E-state index in [1.807, 2.05) is 32.0 Å². The third kappa shape index (κ3) is 4.56. The van der Waals surface area contributed by atoms with Crippen molar-refractivity contribution in [1.82, 2.24) is 10.9 Å². The average molecular weight is 407 g/mol. The third-order valence-electron chi connectivity index (χ3n) is 3.68. The highest BCUT2D eigenvalue weighted by Gasteiger charge is 2.18. The van der Waals surface area contributed by atoms with Gasteiger partial charge in [-0.2, -0.15) is 0 Å². The molecule has 0 radical (unpaired) electrons. The summed E-state index contributed by atoms with van der Waals surface area (Å²) in [4.78, 5) is 24.3. The van der Waals surface area contributed by atoms with Crippen LogP contribution in [0.25, 0.3) is 10.1 Å². The summed E-state index contributed by atoms with van der Waals surface area (Å²) in [5, 5.41) is 0.797. The topological polar surface area (TPSA) is 67.4 Å². The SMILES string of the molecule is Cc1cc(C)cc(OCC(=O)NNC(=O)c2sc3cc(F)ccc3c2Cl)c1. The highest BCUT2D eigenvalue weighted by molar-refractivity contribution is 7.21. The number of hydrogen-bond acceptors (Lipinski definition) is 4. The molecule has 0 unspecified atom stereocenters. The van der Waals surface area contributed by atoms with Crippen LogP contribution < -0.4 is 15.6 Å². The normalized spacial score (nSPS) is 10.7. The molecule has 8 heteroatoms. The number of nitrogens with one attached hydrogen (secondary N) is 2. The Morgan fingerprint density at radius 2 is 1.81 bits per heavy atom. The van der Waals surface area contributed by atoms with Crippen molar-refractivity contribution in [2.45, 2.75) is 13.8 Å². The zero-order chi connectivity index (χ0) is 19.6. The molecule has 2 N–H and O–H groups in total. The lowest BCUT2D eigenvalue weighted by molar-refractivity contribution is -0.123. The van der Waals surface area contributed by atoms with Crippen LogP contribution in [0.15, 0.2) is 36.4 Å². The number of benzene rings is 2. The molecule has 2 amide bonds. The van der Waals surface area contributed by atoms with Gasteiger partial charge in [-0.15, -0.1) is 11.3 Å². The number of halogens is 2. The second-order valence-electron chi connectivity index (χ2n) is 6.00. The fourth-order valence-electron chi connectivity index (χ4n) is 2.57. The number of fused-ring (bicyclic) bond motifs is 1. The van der Waals surface area contributed by atoms with E-state index in [9.17, 15) is 14.0 Å². The highest BCUT2D eigenvalue weighted by atomic mass is 35.5. The first-order valence-electron chi connectivity index (χ1n) is 8.01. The molecule has 0 atom stereocenters. The van der Waals surface area contributed by atoms with Crippen molar-refractivity contribution in [3.8, 4) is 5.75 Å². The van der Waals surface area contributed by atoms with E-state index < -0.39 is 17.6 Å². The predicted molar refractivity (Wildman–Crippen MR) is 104 cm³/mol. The molecule has 3 rings (SSSR count). The summed E-state index contributed by atoms with van der Waals surface area (Å²) in [6, 6.07) is 9.71. The van der Waals surface area contributed by atoms with Crippen molar-refractivity contribution in [2.75, 3.05) is 6.61 Å². The molecular formula is C19H16ClFN2O3S. The summed E-state index contributed by atoms with van der Waals surface area (Å²) in [5.74, 6) is -0.945. The highest BCUT2D eigenvalue weighted by Crippen LogP contribution is 2.35. The van der Waals surface area contributed by atoms with Gasteiger partial charge in [-0.3, -0.25) is 20.4 Å². The molecule has 27 heavy (non-hydrogen) atoms. The van der Waals surface area contributed by atoms with E-state index in [1.54, 1.807) is 0 Å².